The Morgan fingerprint density at radius 2 is 2.14 bits per heavy atom. The van der Waals surface area contributed by atoms with Crippen LogP contribution in [0.4, 0.5) is 10.5 Å². The summed E-state index contributed by atoms with van der Waals surface area (Å²) in [5.41, 5.74) is 3.08. The first-order chi connectivity index (χ1) is 10.0. The molecule has 2 amide bonds. The third-order valence-electron chi connectivity index (χ3n) is 4.56. The Labute approximate surface area is 133 Å². The molecule has 1 heterocycles. The lowest BCUT2D eigenvalue weighted by atomic mass is 9.72. The molecule has 5 heteroatoms. The zero-order valence-electron chi connectivity index (χ0n) is 12.4. The summed E-state index contributed by atoms with van der Waals surface area (Å²) in [5, 5.41) is 6.03. The van der Waals surface area contributed by atoms with Crippen LogP contribution in [0.5, 0.6) is 0 Å². The molecule has 1 aliphatic carbocycles. The molecule has 0 aromatic heterocycles. The molecule has 0 spiro atoms. The van der Waals surface area contributed by atoms with Gasteiger partial charge in [-0.2, -0.15) is 0 Å². The number of hydrogen-bond donors (Lipinski definition) is 2. The number of nitrogens with one attached hydrogen (secondary N) is 2. The highest BCUT2D eigenvalue weighted by atomic mass is 79.9. The molecular weight excluding hydrogens is 332 g/mol. The summed E-state index contributed by atoms with van der Waals surface area (Å²) in [6, 6.07) is 4.15. The van der Waals surface area contributed by atoms with E-state index in [4.69, 9.17) is 4.74 Å². The fourth-order valence-corrected chi connectivity index (χ4v) is 3.59. The third-order valence-corrected chi connectivity index (χ3v) is 5.42. The fourth-order valence-electron chi connectivity index (χ4n) is 3.25. The van der Waals surface area contributed by atoms with Crippen molar-refractivity contribution in [3.05, 3.63) is 27.7 Å². The van der Waals surface area contributed by atoms with Crippen molar-refractivity contribution in [2.24, 2.45) is 5.92 Å². The molecular formula is C16H21BrN2O2. The van der Waals surface area contributed by atoms with Crippen molar-refractivity contribution in [1.29, 1.82) is 0 Å². The number of aryl methyl sites for hydroxylation is 2. The summed E-state index contributed by atoms with van der Waals surface area (Å²) in [7, 11) is 0. The van der Waals surface area contributed by atoms with Crippen LogP contribution in [0.3, 0.4) is 0 Å². The van der Waals surface area contributed by atoms with E-state index in [1.54, 1.807) is 0 Å². The number of benzene rings is 1. The number of rotatable bonds is 2. The van der Waals surface area contributed by atoms with E-state index in [1.165, 1.54) is 5.56 Å². The van der Waals surface area contributed by atoms with Gasteiger partial charge in [0, 0.05) is 28.7 Å². The maximum Gasteiger partial charge on any atom is 0.319 e. The first kappa shape index (κ1) is 14.9. The second-order valence-corrected chi connectivity index (χ2v) is 6.93. The first-order valence-corrected chi connectivity index (χ1v) is 8.30. The maximum atomic E-state index is 12.2. The molecule has 0 bridgehead atoms. The molecule has 1 saturated carbocycles. The molecule has 2 N–H and O–H groups in total. The second-order valence-electron chi connectivity index (χ2n) is 6.07. The number of urea groups is 1. The van der Waals surface area contributed by atoms with Crippen LogP contribution in [0.15, 0.2) is 16.6 Å². The molecule has 3 unspecified atom stereocenters. The molecule has 3 atom stereocenters. The molecule has 1 aromatic rings. The Bertz CT molecular complexity index is 561. The Hall–Kier alpha value is -1.07. The molecule has 1 saturated heterocycles. The van der Waals surface area contributed by atoms with Gasteiger partial charge >= 0.3 is 6.03 Å². The van der Waals surface area contributed by atoms with Gasteiger partial charge in [-0.15, -0.1) is 0 Å². The summed E-state index contributed by atoms with van der Waals surface area (Å²) < 4.78 is 6.68. The van der Waals surface area contributed by atoms with E-state index >= 15 is 0 Å². The molecule has 2 fully saturated rings. The van der Waals surface area contributed by atoms with Gasteiger partial charge in [0.2, 0.25) is 0 Å². The smallest absolute Gasteiger partial charge is 0.319 e. The van der Waals surface area contributed by atoms with E-state index in [2.05, 4.69) is 32.6 Å². The second kappa shape index (κ2) is 5.97. The van der Waals surface area contributed by atoms with Gasteiger partial charge in [-0.25, -0.2) is 4.79 Å². The van der Waals surface area contributed by atoms with Crippen molar-refractivity contribution in [2.75, 3.05) is 11.9 Å². The maximum absolute atomic E-state index is 12.2. The monoisotopic (exact) mass is 352 g/mol. The van der Waals surface area contributed by atoms with E-state index in [1.807, 2.05) is 19.9 Å². The zero-order chi connectivity index (χ0) is 15.0. The van der Waals surface area contributed by atoms with E-state index < -0.39 is 0 Å². The lowest BCUT2D eigenvalue weighted by Gasteiger charge is -2.47. The number of anilines is 1. The van der Waals surface area contributed by atoms with Crippen molar-refractivity contribution < 1.29 is 9.53 Å². The van der Waals surface area contributed by atoms with Crippen LogP contribution >= 0.6 is 15.9 Å². The molecule has 0 radical (unpaired) electrons. The van der Waals surface area contributed by atoms with Crippen LogP contribution in [-0.4, -0.2) is 24.8 Å². The number of ether oxygens (including phenoxy) is 1. The number of halogens is 1. The van der Waals surface area contributed by atoms with Crippen LogP contribution in [0.1, 0.15) is 30.4 Å². The third kappa shape index (κ3) is 3.09. The molecule has 21 heavy (non-hydrogen) atoms. The van der Waals surface area contributed by atoms with Gasteiger partial charge in [0.15, 0.2) is 0 Å². The van der Waals surface area contributed by atoms with Gasteiger partial charge in [0.25, 0.3) is 0 Å². The van der Waals surface area contributed by atoms with Crippen LogP contribution in [0, 0.1) is 19.8 Å². The Morgan fingerprint density at radius 1 is 1.33 bits per heavy atom. The molecule has 4 nitrogen and oxygen atoms in total. The summed E-state index contributed by atoms with van der Waals surface area (Å²) in [6.45, 7) is 4.92. The zero-order valence-corrected chi connectivity index (χ0v) is 14.0. The quantitative estimate of drug-likeness (QED) is 0.851. The van der Waals surface area contributed by atoms with Crippen molar-refractivity contribution in [1.82, 2.24) is 5.32 Å². The largest absolute Gasteiger partial charge is 0.378 e. The highest BCUT2D eigenvalue weighted by molar-refractivity contribution is 9.10. The fraction of sp³-hybridized carbons (Fsp3) is 0.562. The minimum atomic E-state index is -0.122. The number of fused-ring (bicyclic) bond motifs is 1. The van der Waals surface area contributed by atoms with Crippen LogP contribution in [0.25, 0.3) is 0 Å². The Kier molecular flexibility index (Phi) is 4.22. The van der Waals surface area contributed by atoms with E-state index in [-0.39, 0.29) is 12.1 Å². The first-order valence-electron chi connectivity index (χ1n) is 7.50. The van der Waals surface area contributed by atoms with Gasteiger partial charge in [0.1, 0.15) is 0 Å². The van der Waals surface area contributed by atoms with Crippen LogP contribution in [-0.2, 0) is 4.74 Å². The SMILES string of the molecule is Cc1cc(C)c(NC(=O)NC2CC3OCCCC23)cc1Br. The van der Waals surface area contributed by atoms with Gasteiger partial charge in [0.05, 0.1) is 6.10 Å². The van der Waals surface area contributed by atoms with Gasteiger partial charge in [-0.05, 0) is 50.3 Å². The lowest BCUT2D eigenvalue weighted by Crippen LogP contribution is -2.58. The van der Waals surface area contributed by atoms with Crippen molar-refractivity contribution in [3.63, 3.8) is 0 Å². The average Bonchev–Trinajstić information content (AvgIpc) is 2.42. The molecule has 2 aliphatic rings. The van der Waals surface area contributed by atoms with E-state index in [0.717, 1.165) is 41.6 Å². The Balaban J connectivity index is 1.58. The molecule has 3 rings (SSSR count). The minimum Gasteiger partial charge on any atom is -0.378 e. The normalized spacial score (nSPS) is 27.5. The summed E-state index contributed by atoms with van der Waals surface area (Å²) >= 11 is 3.50. The minimum absolute atomic E-state index is 0.122. The van der Waals surface area contributed by atoms with Crippen molar-refractivity contribution in [2.45, 2.75) is 45.3 Å². The Morgan fingerprint density at radius 3 is 2.90 bits per heavy atom. The standard InChI is InChI=1S/C16H21BrN2O2/c1-9-6-10(2)13(7-12(9)17)18-16(20)19-14-8-15-11(14)4-3-5-21-15/h6-7,11,14-15H,3-5,8H2,1-2H3,(H2,18,19,20). The van der Waals surface area contributed by atoms with E-state index in [0.29, 0.717) is 12.0 Å². The van der Waals surface area contributed by atoms with E-state index in [9.17, 15) is 4.79 Å². The number of amides is 2. The average molecular weight is 353 g/mol. The predicted molar refractivity (Wildman–Crippen MR) is 86.6 cm³/mol. The number of carbonyl (C=O) groups excluding carboxylic acids is 1. The van der Waals surface area contributed by atoms with Gasteiger partial charge < -0.3 is 15.4 Å². The highest BCUT2D eigenvalue weighted by Gasteiger charge is 2.43. The van der Waals surface area contributed by atoms with Crippen LogP contribution in [0.2, 0.25) is 0 Å². The predicted octanol–water partition coefficient (Wildman–Crippen LogP) is 3.75. The molecule has 1 aliphatic heterocycles. The molecule has 114 valence electrons. The highest BCUT2D eigenvalue weighted by Crippen LogP contribution is 2.37. The van der Waals surface area contributed by atoms with Crippen molar-refractivity contribution in [3.8, 4) is 0 Å². The number of hydrogen-bond acceptors (Lipinski definition) is 2. The van der Waals surface area contributed by atoms with Crippen molar-refractivity contribution >= 4 is 27.6 Å². The summed E-state index contributed by atoms with van der Waals surface area (Å²) in [5.74, 6) is 0.496. The van der Waals surface area contributed by atoms with Gasteiger partial charge in [-0.1, -0.05) is 22.0 Å². The summed E-state index contributed by atoms with van der Waals surface area (Å²) in [6.07, 6.45) is 3.56. The molecule has 1 aromatic carbocycles. The number of carbonyl (C=O) groups is 1. The van der Waals surface area contributed by atoms with Gasteiger partial charge in [-0.3, -0.25) is 0 Å². The lowest BCUT2D eigenvalue weighted by molar-refractivity contribution is -0.0997. The summed E-state index contributed by atoms with van der Waals surface area (Å²) in [4.78, 5) is 12.2. The topological polar surface area (TPSA) is 50.4 Å². The van der Waals surface area contributed by atoms with Crippen LogP contribution < -0.4 is 10.6 Å².